The van der Waals surface area contributed by atoms with E-state index in [2.05, 4.69) is 39.1 Å². The van der Waals surface area contributed by atoms with Crippen molar-refractivity contribution in [3.8, 4) is 17.2 Å². The molecule has 0 amide bonds. The molecule has 2 heterocycles. The predicted molar refractivity (Wildman–Crippen MR) is 119 cm³/mol. The van der Waals surface area contributed by atoms with Crippen molar-refractivity contribution in [1.29, 1.82) is 0 Å². The van der Waals surface area contributed by atoms with E-state index < -0.39 is 0 Å². The van der Waals surface area contributed by atoms with Gasteiger partial charge in [0.05, 0.1) is 31.5 Å². The van der Waals surface area contributed by atoms with Crippen LogP contribution in [0.15, 0.2) is 76.3 Å². The largest absolute Gasteiger partial charge is 0.497 e. The van der Waals surface area contributed by atoms with Crippen LogP contribution in [-0.2, 0) is 0 Å². The van der Waals surface area contributed by atoms with E-state index in [0.29, 0.717) is 0 Å². The SMILES string of the molecule is COc1ccc(C2=NN3[C@H](C2)c2ccccc2O[C@H]3c2cc(Br)ccc2OC)cc1. The molecular formula is C24H21BrN2O3. The summed E-state index contributed by atoms with van der Waals surface area (Å²) in [7, 11) is 3.35. The molecule has 0 spiro atoms. The Labute approximate surface area is 184 Å². The summed E-state index contributed by atoms with van der Waals surface area (Å²) in [6.07, 6.45) is 0.424. The molecule has 5 rings (SSSR count). The number of ether oxygens (including phenoxy) is 3. The summed E-state index contributed by atoms with van der Waals surface area (Å²) >= 11 is 3.58. The Morgan fingerprint density at radius 2 is 1.77 bits per heavy atom. The molecule has 0 aliphatic carbocycles. The van der Waals surface area contributed by atoms with Crippen LogP contribution in [0.5, 0.6) is 17.2 Å². The maximum absolute atomic E-state index is 6.45. The first kappa shape index (κ1) is 19.0. The smallest absolute Gasteiger partial charge is 0.217 e. The van der Waals surface area contributed by atoms with E-state index >= 15 is 0 Å². The second-order valence-corrected chi connectivity index (χ2v) is 8.19. The Kier molecular flexibility index (Phi) is 4.87. The van der Waals surface area contributed by atoms with Crippen LogP contribution in [0.1, 0.15) is 35.4 Å². The number of hydrogen-bond acceptors (Lipinski definition) is 5. The summed E-state index contributed by atoms with van der Waals surface area (Å²) in [5.41, 5.74) is 4.20. The van der Waals surface area contributed by atoms with Crippen molar-refractivity contribution in [2.45, 2.75) is 18.7 Å². The lowest BCUT2D eigenvalue weighted by atomic mass is 9.96. The molecule has 152 valence electrons. The molecule has 0 unspecified atom stereocenters. The Hall–Kier alpha value is -2.99. The standard InChI is InChI=1S/C24H21BrN2O3/c1-28-17-10-7-15(8-11-17)20-14-21-18-5-3-4-6-23(18)30-24(27(21)26-20)19-13-16(25)9-12-22(19)29-2/h3-13,21,24H,14H2,1-2H3/t21-,24+/m1/s1. The van der Waals surface area contributed by atoms with E-state index in [-0.39, 0.29) is 12.3 Å². The average molecular weight is 465 g/mol. The van der Waals surface area contributed by atoms with Gasteiger partial charge in [0.15, 0.2) is 0 Å². The number of methoxy groups -OCH3 is 2. The van der Waals surface area contributed by atoms with Gasteiger partial charge in [-0.3, -0.25) is 0 Å². The third-order valence-electron chi connectivity index (χ3n) is 5.58. The highest BCUT2D eigenvalue weighted by atomic mass is 79.9. The van der Waals surface area contributed by atoms with Crippen molar-refractivity contribution in [3.05, 3.63) is 87.9 Å². The molecule has 3 aromatic rings. The van der Waals surface area contributed by atoms with E-state index in [1.54, 1.807) is 14.2 Å². The van der Waals surface area contributed by atoms with Crippen molar-refractivity contribution in [3.63, 3.8) is 0 Å². The van der Waals surface area contributed by atoms with Gasteiger partial charge in [-0.15, -0.1) is 0 Å². The Morgan fingerprint density at radius 1 is 0.967 bits per heavy atom. The monoisotopic (exact) mass is 464 g/mol. The topological polar surface area (TPSA) is 43.3 Å². The first-order chi connectivity index (χ1) is 14.7. The molecule has 2 aliphatic rings. The molecule has 30 heavy (non-hydrogen) atoms. The summed E-state index contributed by atoms with van der Waals surface area (Å²) < 4.78 is 18.3. The highest BCUT2D eigenvalue weighted by Gasteiger charge is 2.41. The fraction of sp³-hybridized carbons (Fsp3) is 0.208. The Morgan fingerprint density at radius 3 is 2.53 bits per heavy atom. The highest BCUT2D eigenvalue weighted by Crippen LogP contribution is 2.49. The molecule has 0 N–H and O–H groups in total. The minimum absolute atomic E-state index is 0.0979. The molecule has 2 atom stereocenters. The zero-order valence-corrected chi connectivity index (χ0v) is 18.3. The number of para-hydroxylation sites is 1. The quantitative estimate of drug-likeness (QED) is 0.495. The van der Waals surface area contributed by atoms with Crippen LogP contribution in [0.2, 0.25) is 0 Å². The van der Waals surface area contributed by atoms with Crippen LogP contribution < -0.4 is 14.2 Å². The molecule has 5 nitrogen and oxygen atoms in total. The van der Waals surface area contributed by atoms with Crippen LogP contribution in [0.25, 0.3) is 0 Å². The van der Waals surface area contributed by atoms with Crippen LogP contribution in [0.4, 0.5) is 0 Å². The van der Waals surface area contributed by atoms with Crippen LogP contribution >= 0.6 is 15.9 Å². The number of nitrogens with zero attached hydrogens (tertiary/aromatic N) is 2. The van der Waals surface area contributed by atoms with Gasteiger partial charge in [0.25, 0.3) is 0 Å². The molecule has 0 fully saturated rings. The minimum atomic E-state index is -0.381. The zero-order valence-electron chi connectivity index (χ0n) is 16.7. The van der Waals surface area contributed by atoms with Crippen molar-refractivity contribution < 1.29 is 14.2 Å². The number of benzene rings is 3. The first-order valence-corrected chi connectivity index (χ1v) is 10.6. The van der Waals surface area contributed by atoms with Gasteiger partial charge in [-0.1, -0.05) is 34.1 Å². The summed E-state index contributed by atoms with van der Waals surface area (Å²) in [4.78, 5) is 0. The average Bonchev–Trinajstić information content (AvgIpc) is 3.24. The van der Waals surface area contributed by atoms with Gasteiger partial charge in [0.2, 0.25) is 6.23 Å². The van der Waals surface area contributed by atoms with Crippen LogP contribution in [0.3, 0.4) is 0 Å². The third kappa shape index (κ3) is 3.21. The fourth-order valence-corrected chi connectivity index (χ4v) is 4.47. The summed E-state index contributed by atoms with van der Waals surface area (Å²) in [6, 6.07) is 22.3. The Balaban J connectivity index is 1.60. The van der Waals surface area contributed by atoms with E-state index in [4.69, 9.17) is 19.3 Å². The van der Waals surface area contributed by atoms with Gasteiger partial charge in [-0.25, -0.2) is 5.01 Å². The number of fused-ring (bicyclic) bond motifs is 3. The summed E-state index contributed by atoms with van der Waals surface area (Å²) in [5, 5.41) is 7.07. The van der Waals surface area contributed by atoms with Gasteiger partial charge in [0.1, 0.15) is 17.2 Å². The predicted octanol–water partition coefficient (Wildman–Crippen LogP) is 5.71. The molecule has 0 aromatic heterocycles. The fourth-order valence-electron chi connectivity index (χ4n) is 4.10. The molecule has 0 saturated carbocycles. The van der Waals surface area contributed by atoms with Gasteiger partial charge in [0, 0.05) is 16.5 Å². The lowest BCUT2D eigenvalue weighted by molar-refractivity contribution is -0.0203. The van der Waals surface area contributed by atoms with Crippen LogP contribution in [-0.4, -0.2) is 24.9 Å². The lowest BCUT2D eigenvalue weighted by Gasteiger charge is -2.38. The van der Waals surface area contributed by atoms with Gasteiger partial charge in [-0.05, 0) is 54.1 Å². The van der Waals surface area contributed by atoms with Crippen LogP contribution in [0, 0.1) is 0 Å². The van der Waals surface area contributed by atoms with Gasteiger partial charge in [-0.2, -0.15) is 5.10 Å². The molecular weight excluding hydrogens is 444 g/mol. The molecule has 0 bridgehead atoms. The van der Waals surface area contributed by atoms with E-state index in [1.165, 1.54) is 0 Å². The normalized spacial score (nSPS) is 19.4. The lowest BCUT2D eigenvalue weighted by Crippen LogP contribution is -2.33. The molecule has 0 saturated heterocycles. The second kappa shape index (κ2) is 7.69. The van der Waals surface area contributed by atoms with Gasteiger partial charge < -0.3 is 14.2 Å². The van der Waals surface area contributed by atoms with Crippen molar-refractivity contribution >= 4 is 21.6 Å². The highest BCUT2D eigenvalue weighted by molar-refractivity contribution is 9.10. The molecule has 3 aromatic carbocycles. The van der Waals surface area contributed by atoms with E-state index in [0.717, 1.165) is 50.5 Å². The first-order valence-electron chi connectivity index (χ1n) is 9.77. The number of hydrazone groups is 1. The molecule has 6 heteroatoms. The molecule has 2 aliphatic heterocycles. The number of rotatable bonds is 4. The maximum Gasteiger partial charge on any atom is 0.217 e. The van der Waals surface area contributed by atoms with Gasteiger partial charge >= 0.3 is 0 Å². The van der Waals surface area contributed by atoms with E-state index in [9.17, 15) is 0 Å². The van der Waals surface area contributed by atoms with Crippen molar-refractivity contribution in [1.82, 2.24) is 5.01 Å². The second-order valence-electron chi connectivity index (χ2n) is 7.27. The van der Waals surface area contributed by atoms with E-state index in [1.807, 2.05) is 48.5 Å². The number of halogens is 1. The number of hydrogen-bond donors (Lipinski definition) is 0. The minimum Gasteiger partial charge on any atom is -0.497 e. The Bertz CT molecular complexity index is 1110. The molecule has 0 radical (unpaired) electrons. The summed E-state index contributed by atoms with van der Waals surface area (Å²) in [6.45, 7) is 0. The third-order valence-corrected chi connectivity index (χ3v) is 6.07. The zero-order chi connectivity index (χ0) is 20.7. The maximum atomic E-state index is 6.45. The summed E-state index contributed by atoms with van der Waals surface area (Å²) in [5.74, 6) is 2.49. The van der Waals surface area contributed by atoms with Crippen molar-refractivity contribution in [2.75, 3.05) is 14.2 Å². The van der Waals surface area contributed by atoms with Crippen molar-refractivity contribution in [2.24, 2.45) is 5.10 Å².